The Kier molecular flexibility index (Phi) is 6.36. The molecule has 23 heavy (non-hydrogen) atoms. The number of hydrogen-bond donors (Lipinski definition) is 1. The van der Waals surface area contributed by atoms with Crippen LogP contribution in [0.25, 0.3) is 10.4 Å². The van der Waals surface area contributed by atoms with Crippen molar-refractivity contribution < 1.29 is 14.3 Å². The molecule has 0 aromatic carbocycles. The van der Waals surface area contributed by atoms with Crippen LogP contribution in [0.4, 0.5) is 5.00 Å². The quantitative estimate of drug-likeness (QED) is 0.707. The topological polar surface area (TPSA) is 55.4 Å². The van der Waals surface area contributed by atoms with Crippen molar-refractivity contribution in [3.8, 4) is 10.4 Å². The number of nitrogens with one attached hydrogen (secondary N) is 1. The van der Waals surface area contributed by atoms with Crippen LogP contribution in [0.2, 0.25) is 0 Å². The normalized spacial score (nSPS) is 10.6. The van der Waals surface area contributed by atoms with E-state index < -0.39 is 0 Å². The van der Waals surface area contributed by atoms with E-state index in [1.54, 1.807) is 18.3 Å². The Bertz CT molecular complexity index is 674. The molecular formula is C17H21NO3S2. The molecule has 6 heteroatoms. The van der Waals surface area contributed by atoms with E-state index in [0.717, 1.165) is 28.2 Å². The predicted molar refractivity (Wildman–Crippen MR) is 96.5 cm³/mol. The van der Waals surface area contributed by atoms with Gasteiger partial charge in [0.2, 0.25) is 5.91 Å². The number of esters is 1. The summed E-state index contributed by atoms with van der Waals surface area (Å²) in [7, 11) is 0. The second-order valence-corrected chi connectivity index (χ2v) is 7.26. The Hall–Kier alpha value is -1.66. The highest BCUT2D eigenvalue weighted by Gasteiger charge is 2.25. The molecule has 0 bridgehead atoms. The molecule has 0 spiro atoms. The molecule has 0 aliphatic carbocycles. The van der Waals surface area contributed by atoms with E-state index in [9.17, 15) is 9.59 Å². The van der Waals surface area contributed by atoms with Crippen LogP contribution >= 0.6 is 22.7 Å². The van der Waals surface area contributed by atoms with Crippen LogP contribution < -0.4 is 5.32 Å². The van der Waals surface area contributed by atoms with Gasteiger partial charge in [-0.3, -0.25) is 4.79 Å². The maximum Gasteiger partial charge on any atom is 0.341 e. The third-order valence-electron chi connectivity index (χ3n) is 3.34. The minimum Gasteiger partial charge on any atom is -0.462 e. The molecule has 0 atom stereocenters. The first-order chi connectivity index (χ1) is 11.1. The van der Waals surface area contributed by atoms with E-state index in [1.165, 1.54) is 11.3 Å². The van der Waals surface area contributed by atoms with Gasteiger partial charge in [-0.1, -0.05) is 19.4 Å². The number of ether oxygens (including phenoxy) is 1. The standard InChI is InChI=1S/C17H21NO3S2/c1-4-6-9-13(19)18-16-15(17(20)21-5-2)14(11(3)23-16)12-8-7-10-22-12/h7-8,10H,4-6,9H2,1-3H3,(H,18,19). The smallest absolute Gasteiger partial charge is 0.341 e. The van der Waals surface area contributed by atoms with Crippen molar-refractivity contribution in [1.82, 2.24) is 0 Å². The maximum atomic E-state index is 12.4. The molecule has 0 radical (unpaired) electrons. The molecule has 0 saturated carbocycles. The Morgan fingerprint density at radius 1 is 1.30 bits per heavy atom. The fourth-order valence-electron chi connectivity index (χ4n) is 2.27. The first-order valence-electron chi connectivity index (χ1n) is 7.72. The van der Waals surface area contributed by atoms with Crippen LogP contribution in [0.1, 0.15) is 48.3 Å². The lowest BCUT2D eigenvalue weighted by Gasteiger charge is -2.08. The molecule has 124 valence electrons. The molecule has 0 unspecified atom stereocenters. The van der Waals surface area contributed by atoms with E-state index in [4.69, 9.17) is 4.74 Å². The van der Waals surface area contributed by atoms with Gasteiger partial charge in [0.05, 0.1) is 6.61 Å². The number of carbonyl (C=O) groups is 2. The van der Waals surface area contributed by atoms with Crippen LogP contribution in [0.3, 0.4) is 0 Å². The van der Waals surface area contributed by atoms with Gasteiger partial charge in [0.15, 0.2) is 0 Å². The molecule has 0 saturated heterocycles. The van der Waals surface area contributed by atoms with Gasteiger partial charge in [-0.25, -0.2) is 4.79 Å². The van der Waals surface area contributed by atoms with Crippen LogP contribution in [0.15, 0.2) is 17.5 Å². The van der Waals surface area contributed by atoms with Crippen molar-refractivity contribution in [2.24, 2.45) is 0 Å². The summed E-state index contributed by atoms with van der Waals surface area (Å²) in [5, 5.41) is 5.45. The SMILES string of the molecule is CCCCC(=O)Nc1sc(C)c(-c2cccs2)c1C(=O)OCC. The lowest BCUT2D eigenvalue weighted by atomic mass is 10.1. The van der Waals surface area contributed by atoms with Gasteiger partial charge in [0.1, 0.15) is 10.6 Å². The van der Waals surface area contributed by atoms with Gasteiger partial charge in [-0.2, -0.15) is 0 Å². The van der Waals surface area contributed by atoms with E-state index in [0.29, 0.717) is 23.6 Å². The summed E-state index contributed by atoms with van der Waals surface area (Å²) < 4.78 is 5.20. The molecular weight excluding hydrogens is 330 g/mol. The van der Waals surface area contributed by atoms with Crippen molar-refractivity contribution in [3.63, 3.8) is 0 Å². The summed E-state index contributed by atoms with van der Waals surface area (Å²) in [5.74, 6) is -0.442. The maximum absolute atomic E-state index is 12.4. The highest BCUT2D eigenvalue weighted by Crippen LogP contribution is 2.42. The Balaban J connectivity index is 2.40. The highest BCUT2D eigenvalue weighted by atomic mass is 32.1. The first kappa shape index (κ1) is 17.7. The average Bonchev–Trinajstić information content (AvgIpc) is 3.12. The number of aryl methyl sites for hydroxylation is 1. The van der Waals surface area contributed by atoms with E-state index in [1.807, 2.05) is 31.4 Å². The summed E-state index contributed by atoms with van der Waals surface area (Å²) >= 11 is 3.00. The van der Waals surface area contributed by atoms with Crippen LogP contribution in [-0.2, 0) is 9.53 Å². The molecule has 1 N–H and O–H groups in total. The third kappa shape index (κ3) is 4.20. The second kappa shape index (κ2) is 8.26. The molecule has 2 aromatic rings. The fraction of sp³-hybridized carbons (Fsp3) is 0.412. The summed E-state index contributed by atoms with van der Waals surface area (Å²) in [5.41, 5.74) is 1.34. The predicted octanol–water partition coefficient (Wildman–Crippen LogP) is 5.09. The first-order valence-corrected chi connectivity index (χ1v) is 9.42. The minimum absolute atomic E-state index is 0.0589. The number of hydrogen-bond acceptors (Lipinski definition) is 5. The van der Waals surface area contributed by atoms with E-state index >= 15 is 0 Å². The number of thiophene rings is 2. The summed E-state index contributed by atoms with van der Waals surface area (Å²) in [6.45, 7) is 6.09. The molecule has 0 aliphatic heterocycles. The van der Waals surface area contributed by atoms with Crippen molar-refractivity contribution in [3.05, 3.63) is 28.0 Å². The van der Waals surface area contributed by atoms with Gasteiger partial charge in [-0.05, 0) is 31.7 Å². The monoisotopic (exact) mass is 351 g/mol. The zero-order chi connectivity index (χ0) is 16.8. The van der Waals surface area contributed by atoms with E-state index in [2.05, 4.69) is 5.32 Å². The van der Waals surface area contributed by atoms with Crippen LogP contribution in [0, 0.1) is 6.92 Å². The van der Waals surface area contributed by atoms with Gasteiger partial charge >= 0.3 is 5.97 Å². The molecule has 2 heterocycles. The van der Waals surface area contributed by atoms with Gasteiger partial charge in [0, 0.05) is 21.7 Å². The van der Waals surface area contributed by atoms with Crippen molar-refractivity contribution >= 4 is 39.6 Å². The Morgan fingerprint density at radius 2 is 2.09 bits per heavy atom. The third-order valence-corrected chi connectivity index (χ3v) is 5.25. The van der Waals surface area contributed by atoms with Gasteiger partial charge in [0.25, 0.3) is 0 Å². The molecule has 2 aromatic heterocycles. The Morgan fingerprint density at radius 3 is 2.70 bits per heavy atom. The zero-order valence-electron chi connectivity index (χ0n) is 13.6. The van der Waals surface area contributed by atoms with Crippen molar-refractivity contribution in [2.45, 2.75) is 40.0 Å². The van der Waals surface area contributed by atoms with Crippen molar-refractivity contribution in [2.75, 3.05) is 11.9 Å². The lowest BCUT2D eigenvalue weighted by Crippen LogP contribution is -2.14. The zero-order valence-corrected chi connectivity index (χ0v) is 15.2. The lowest BCUT2D eigenvalue weighted by molar-refractivity contribution is -0.116. The summed E-state index contributed by atoms with van der Waals surface area (Å²) in [6, 6.07) is 3.93. The van der Waals surface area contributed by atoms with Gasteiger partial charge in [-0.15, -0.1) is 22.7 Å². The number of unbranched alkanes of at least 4 members (excludes halogenated alkanes) is 1. The molecule has 0 fully saturated rings. The average molecular weight is 351 g/mol. The highest BCUT2D eigenvalue weighted by molar-refractivity contribution is 7.18. The minimum atomic E-state index is -0.383. The number of rotatable bonds is 7. The summed E-state index contributed by atoms with van der Waals surface area (Å²) in [6.07, 6.45) is 2.26. The molecule has 2 rings (SSSR count). The number of anilines is 1. The second-order valence-electron chi connectivity index (χ2n) is 5.09. The number of carbonyl (C=O) groups excluding carboxylic acids is 2. The fourth-order valence-corrected chi connectivity index (χ4v) is 4.25. The van der Waals surface area contributed by atoms with E-state index in [-0.39, 0.29) is 11.9 Å². The van der Waals surface area contributed by atoms with Crippen molar-refractivity contribution in [1.29, 1.82) is 0 Å². The number of amides is 1. The Labute approximate surface area is 144 Å². The van der Waals surface area contributed by atoms with Gasteiger partial charge < -0.3 is 10.1 Å². The molecule has 0 aliphatic rings. The largest absolute Gasteiger partial charge is 0.462 e. The van der Waals surface area contributed by atoms with Crippen LogP contribution in [0.5, 0.6) is 0 Å². The molecule has 4 nitrogen and oxygen atoms in total. The van der Waals surface area contributed by atoms with Crippen LogP contribution in [-0.4, -0.2) is 18.5 Å². The molecule has 1 amide bonds. The summed E-state index contributed by atoms with van der Waals surface area (Å²) in [4.78, 5) is 26.5.